The van der Waals surface area contributed by atoms with Crippen LogP contribution in [0.4, 0.5) is 5.69 Å². The van der Waals surface area contributed by atoms with Crippen LogP contribution in [0.1, 0.15) is 27.7 Å². The van der Waals surface area contributed by atoms with Crippen LogP contribution in [0.25, 0.3) is 0 Å². The molecule has 0 unspecified atom stereocenters. The molecule has 0 aromatic carbocycles. The molecule has 6 heteroatoms. The average Bonchev–Trinajstić information content (AvgIpc) is 2.44. The normalized spacial score (nSPS) is 8.28. The summed E-state index contributed by atoms with van der Waals surface area (Å²) in [5.74, 6) is 0.0227. The molecule has 0 aliphatic rings. The molecule has 0 atom stereocenters. The Balaban J connectivity index is 0. The van der Waals surface area contributed by atoms with Gasteiger partial charge < -0.3 is 9.47 Å². The van der Waals surface area contributed by atoms with Crippen LogP contribution >= 0.6 is 0 Å². The van der Waals surface area contributed by atoms with Crippen LogP contribution < -0.4 is 4.74 Å². The Bertz CT molecular complexity index is 319. The number of ether oxygens (including phenoxy) is 2. The van der Waals surface area contributed by atoms with E-state index in [9.17, 15) is 10.1 Å². The maximum atomic E-state index is 10.5. The minimum absolute atomic E-state index is 0.0227. The summed E-state index contributed by atoms with van der Waals surface area (Å²) in [6, 6.07) is 2.83. The number of rotatable bonds is 5. The molecule has 6 nitrogen and oxygen atoms in total. The SMILES string of the molecule is CC.CC.COCCOc1ncccc1[N+](=O)[O-]. The third kappa shape index (κ3) is 7.56. The van der Waals surface area contributed by atoms with Crippen LogP contribution in [0, 0.1) is 10.1 Å². The van der Waals surface area contributed by atoms with E-state index in [-0.39, 0.29) is 18.2 Å². The van der Waals surface area contributed by atoms with E-state index >= 15 is 0 Å². The molecular weight excluding hydrogens is 236 g/mol. The number of aromatic nitrogens is 1. The van der Waals surface area contributed by atoms with Crippen molar-refractivity contribution in [2.24, 2.45) is 0 Å². The zero-order valence-electron chi connectivity index (χ0n) is 11.7. The first-order chi connectivity index (χ1) is 8.75. The molecule has 0 saturated heterocycles. The molecule has 0 amide bonds. The third-order valence-electron chi connectivity index (χ3n) is 1.47. The number of methoxy groups -OCH3 is 1. The van der Waals surface area contributed by atoms with Gasteiger partial charge in [0.2, 0.25) is 0 Å². The Morgan fingerprint density at radius 1 is 1.28 bits per heavy atom. The molecule has 0 radical (unpaired) electrons. The summed E-state index contributed by atoms with van der Waals surface area (Å²) in [4.78, 5) is 13.7. The molecule has 104 valence electrons. The van der Waals surface area contributed by atoms with Gasteiger partial charge in [0.05, 0.1) is 11.5 Å². The summed E-state index contributed by atoms with van der Waals surface area (Å²) >= 11 is 0. The first-order valence-corrected chi connectivity index (χ1v) is 5.97. The van der Waals surface area contributed by atoms with Crippen LogP contribution in [0.2, 0.25) is 0 Å². The van der Waals surface area contributed by atoms with E-state index in [0.717, 1.165) is 0 Å². The monoisotopic (exact) mass is 258 g/mol. The third-order valence-corrected chi connectivity index (χ3v) is 1.47. The highest BCUT2D eigenvalue weighted by Gasteiger charge is 2.14. The van der Waals surface area contributed by atoms with E-state index in [1.54, 1.807) is 0 Å². The number of nitro groups is 1. The molecular formula is C12H22N2O4. The first-order valence-electron chi connectivity index (χ1n) is 5.97. The second-order valence-corrected chi connectivity index (χ2v) is 2.43. The Morgan fingerprint density at radius 3 is 2.39 bits per heavy atom. The van der Waals surface area contributed by atoms with Gasteiger partial charge in [0.15, 0.2) is 0 Å². The van der Waals surface area contributed by atoms with Crippen molar-refractivity contribution in [1.29, 1.82) is 0 Å². The fourth-order valence-corrected chi connectivity index (χ4v) is 0.854. The minimum Gasteiger partial charge on any atom is -0.470 e. The highest BCUT2D eigenvalue weighted by Crippen LogP contribution is 2.22. The maximum Gasteiger partial charge on any atom is 0.330 e. The van der Waals surface area contributed by atoms with Gasteiger partial charge in [-0.1, -0.05) is 27.7 Å². The summed E-state index contributed by atoms with van der Waals surface area (Å²) < 4.78 is 9.80. The Kier molecular flexibility index (Phi) is 13.9. The van der Waals surface area contributed by atoms with Crippen molar-refractivity contribution in [1.82, 2.24) is 4.98 Å². The quantitative estimate of drug-likeness (QED) is 0.461. The lowest BCUT2D eigenvalue weighted by Gasteiger charge is -2.03. The summed E-state index contributed by atoms with van der Waals surface area (Å²) in [5, 5.41) is 10.5. The van der Waals surface area contributed by atoms with Crippen molar-refractivity contribution in [3.63, 3.8) is 0 Å². The maximum absolute atomic E-state index is 10.5. The summed E-state index contributed by atoms with van der Waals surface area (Å²) in [6.45, 7) is 8.61. The zero-order chi connectivity index (χ0) is 14.4. The van der Waals surface area contributed by atoms with Gasteiger partial charge in [0.25, 0.3) is 5.88 Å². The van der Waals surface area contributed by atoms with Crippen molar-refractivity contribution >= 4 is 5.69 Å². The molecule has 0 aliphatic heterocycles. The lowest BCUT2D eigenvalue weighted by molar-refractivity contribution is -0.386. The second kappa shape index (κ2) is 13.4. The van der Waals surface area contributed by atoms with Crippen LogP contribution in [0.15, 0.2) is 18.3 Å². The van der Waals surface area contributed by atoms with Crippen LogP contribution in [0.3, 0.4) is 0 Å². The average molecular weight is 258 g/mol. The van der Waals surface area contributed by atoms with Crippen molar-refractivity contribution in [3.8, 4) is 5.88 Å². The predicted octanol–water partition coefficient (Wildman–Crippen LogP) is 3.07. The summed E-state index contributed by atoms with van der Waals surface area (Å²) in [6.07, 6.45) is 1.44. The van der Waals surface area contributed by atoms with Gasteiger partial charge in [0, 0.05) is 19.4 Å². The molecule has 0 N–H and O–H groups in total. The molecule has 1 aromatic rings. The first kappa shape index (κ1) is 18.7. The minimum atomic E-state index is -0.533. The molecule has 0 aliphatic carbocycles. The second-order valence-electron chi connectivity index (χ2n) is 2.43. The number of hydrogen-bond acceptors (Lipinski definition) is 5. The molecule has 1 aromatic heterocycles. The largest absolute Gasteiger partial charge is 0.470 e. The van der Waals surface area contributed by atoms with Crippen LogP contribution in [0.5, 0.6) is 5.88 Å². The van der Waals surface area contributed by atoms with Gasteiger partial charge in [-0.25, -0.2) is 4.98 Å². The van der Waals surface area contributed by atoms with Crippen molar-refractivity contribution in [2.75, 3.05) is 20.3 Å². The number of pyridine rings is 1. The Morgan fingerprint density at radius 2 is 1.89 bits per heavy atom. The van der Waals surface area contributed by atoms with Crippen molar-refractivity contribution in [3.05, 3.63) is 28.4 Å². The van der Waals surface area contributed by atoms with E-state index in [1.165, 1.54) is 25.4 Å². The van der Waals surface area contributed by atoms with Crippen molar-refractivity contribution in [2.45, 2.75) is 27.7 Å². The van der Waals surface area contributed by atoms with E-state index in [0.29, 0.717) is 6.61 Å². The van der Waals surface area contributed by atoms with Crippen LogP contribution in [-0.4, -0.2) is 30.2 Å². The molecule has 18 heavy (non-hydrogen) atoms. The van der Waals surface area contributed by atoms with E-state index in [2.05, 4.69) is 4.98 Å². The van der Waals surface area contributed by atoms with E-state index in [4.69, 9.17) is 9.47 Å². The lowest BCUT2D eigenvalue weighted by atomic mass is 10.4. The summed E-state index contributed by atoms with van der Waals surface area (Å²) in [5.41, 5.74) is -0.136. The molecule has 0 fully saturated rings. The van der Waals surface area contributed by atoms with Gasteiger partial charge in [-0.15, -0.1) is 0 Å². The van der Waals surface area contributed by atoms with Gasteiger partial charge in [0.1, 0.15) is 6.61 Å². The van der Waals surface area contributed by atoms with Gasteiger partial charge in [-0.2, -0.15) is 0 Å². The predicted molar refractivity (Wildman–Crippen MR) is 71.0 cm³/mol. The smallest absolute Gasteiger partial charge is 0.330 e. The zero-order valence-corrected chi connectivity index (χ0v) is 11.7. The van der Waals surface area contributed by atoms with Gasteiger partial charge in [-0.05, 0) is 6.07 Å². The fourth-order valence-electron chi connectivity index (χ4n) is 0.854. The van der Waals surface area contributed by atoms with E-state index < -0.39 is 4.92 Å². The molecule has 1 heterocycles. The highest BCUT2D eigenvalue weighted by molar-refractivity contribution is 5.39. The van der Waals surface area contributed by atoms with E-state index in [1.807, 2.05) is 27.7 Å². The lowest BCUT2D eigenvalue weighted by Crippen LogP contribution is -2.06. The highest BCUT2D eigenvalue weighted by atomic mass is 16.6. The standard InChI is InChI=1S/C8H10N2O4.2C2H6/c1-13-5-6-14-8-7(10(11)12)3-2-4-9-8;2*1-2/h2-4H,5-6H2,1H3;2*1-2H3. The molecule has 1 rings (SSSR count). The van der Waals surface area contributed by atoms with Gasteiger partial charge in [-0.3, -0.25) is 10.1 Å². The van der Waals surface area contributed by atoms with Gasteiger partial charge >= 0.3 is 5.69 Å². The molecule has 0 spiro atoms. The topological polar surface area (TPSA) is 74.5 Å². The molecule has 0 saturated carbocycles. The fraction of sp³-hybridized carbons (Fsp3) is 0.583. The number of nitrogens with zero attached hydrogens (tertiary/aromatic N) is 2. The summed E-state index contributed by atoms with van der Waals surface area (Å²) in [7, 11) is 1.52. The van der Waals surface area contributed by atoms with Crippen LogP contribution in [-0.2, 0) is 4.74 Å². The number of hydrogen-bond donors (Lipinski definition) is 0. The van der Waals surface area contributed by atoms with Crippen molar-refractivity contribution < 1.29 is 14.4 Å². The Labute approximate surface area is 108 Å². The molecule has 0 bridgehead atoms. The Hall–Kier alpha value is -1.69.